The number of benzene rings is 1. The van der Waals surface area contributed by atoms with Crippen LogP contribution in [0, 0.1) is 0 Å². The summed E-state index contributed by atoms with van der Waals surface area (Å²) in [5.74, 6) is 0. The SMILES string of the molecule is C1=CC(=C2C=C[N-]c3ccccc32)C=C1.[Fe+2].c1cc[cH-]c1. The first-order chi connectivity index (χ1) is 9.95. The summed E-state index contributed by atoms with van der Waals surface area (Å²) in [5.41, 5.74) is 4.78. The van der Waals surface area contributed by atoms with E-state index in [-0.39, 0.29) is 17.1 Å². The van der Waals surface area contributed by atoms with Crippen molar-refractivity contribution in [2.24, 2.45) is 0 Å². The fourth-order valence-corrected chi connectivity index (χ4v) is 2.22. The largest absolute Gasteiger partial charge is 2.00 e. The van der Waals surface area contributed by atoms with Gasteiger partial charge in [-0.3, -0.25) is 0 Å². The molecule has 21 heavy (non-hydrogen) atoms. The monoisotopic (exact) mass is 313 g/mol. The molecule has 0 spiro atoms. The Morgan fingerprint density at radius 3 is 2.19 bits per heavy atom. The number of nitrogens with zero attached hydrogens (tertiary/aromatic N) is 1. The fourth-order valence-electron chi connectivity index (χ4n) is 2.22. The van der Waals surface area contributed by atoms with Crippen molar-refractivity contribution in [3.05, 3.63) is 108 Å². The van der Waals surface area contributed by atoms with Crippen molar-refractivity contribution in [3.63, 3.8) is 0 Å². The Kier molecular flexibility index (Phi) is 5.50. The van der Waals surface area contributed by atoms with Gasteiger partial charge in [0.05, 0.1) is 0 Å². The van der Waals surface area contributed by atoms with Gasteiger partial charge in [-0.05, 0) is 16.7 Å². The van der Waals surface area contributed by atoms with E-state index in [1.54, 1.807) is 0 Å². The van der Waals surface area contributed by atoms with Crippen LogP contribution < -0.4 is 0 Å². The topological polar surface area (TPSA) is 14.1 Å². The van der Waals surface area contributed by atoms with E-state index >= 15 is 0 Å². The van der Waals surface area contributed by atoms with Crippen LogP contribution in [-0.2, 0) is 17.1 Å². The molecule has 2 heteroatoms. The van der Waals surface area contributed by atoms with Gasteiger partial charge in [-0.25, -0.2) is 12.1 Å². The Morgan fingerprint density at radius 1 is 0.810 bits per heavy atom. The second-order valence-corrected chi connectivity index (χ2v) is 4.51. The smallest absolute Gasteiger partial charge is 0.664 e. The second-order valence-electron chi connectivity index (χ2n) is 4.51. The van der Waals surface area contributed by atoms with Gasteiger partial charge in [-0.1, -0.05) is 54.6 Å². The fraction of sp³-hybridized carbons (Fsp3) is 0. The van der Waals surface area contributed by atoms with E-state index < -0.39 is 0 Å². The van der Waals surface area contributed by atoms with Crippen molar-refractivity contribution in [2.75, 3.05) is 0 Å². The first-order valence-corrected chi connectivity index (χ1v) is 6.68. The van der Waals surface area contributed by atoms with Gasteiger partial charge in [-0.2, -0.15) is 24.4 Å². The molecular formula is C19H15FeN. The number of fused-ring (bicyclic) bond motifs is 1. The molecule has 0 saturated heterocycles. The van der Waals surface area contributed by atoms with Gasteiger partial charge >= 0.3 is 17.1 Å². The van der Waals surface area contributed by atoms with Crippen LogP contribution in [0.1, 0.15) is 5.56 Å². The number of hydrogen-bond donors (Lipinski definition) is 0. The molecule has 1 nitrogen and oxygen atoms in total. The molecule has 0 saturated carbocycles. The molecule has 4 rings (SSSR count). The standard InChI is InChI=1S/C14H10N.C5H5.Fe/c1-2-6-11(5-1)12-9-10-15-14-8-4-3-7-13(12)14;1-2-4-5-3-1;/h1-10H;1-5H;/q2*-1;+2. The van der Waals surface area contributed by atoms with Crippen LogP contribution in [-0.4, -0.2) is 0 Å². The molecule has 1 aliphatic carbocycles. The number of allylic oxidation sites excluding steroid dienone is 7. The summed E-state index contributed by atoms with van der Waals surface area (Å²) in [5, 5.41) is 4.35. The van der Waals surface area contributed by atoms with E-state index in [0.29, 0.717) is 0 Å². The molecule has 0 fully saturated rings. The number of rotatable bonds is 0. The number of hydrogen-bond acceptors (Lipinski definition) is 0. The van der Waals surface area contributed by atoms with Gasteiger partial charge in [0.1, 0.15) is 0 Å². The molecule has 0 bridgehead atoms. The van der Waals surface area contributed by atoms with Crippen molar-refractivity contribution in [1.82, 2.24) is 0 Å². The molecule has 0 unspecified atom stereocenters. The Hall–Kier alpha value is -2.15. The van der Waals surface area contributed by atoms with Crippen LogP contribution >= 0.6 is 0 Å². The predicted octanol–water partition coefficient (Wildman–Crippen LogP) is 5.50. The quantitative estimate of drug-likeness (QED) is 0.450. The summed E-state index contributed by atoms with van der Waals surface area (Å²) in [6, 6.07) is 18.2. The first-order valence-electron chi connectivity index (χ1n) is 6.68. The van der Waals surface area contributed by atoms with Crippen LogP contribution in [0.2, 0.25) is 0 Å². The molecule has 0 radical (unpaired) electrons. The molecule has 2 aromatic rings. The summed E-state index contributed by atoms with van der Waals surface area (Å²) in [6.45, 7) is 0. The minimum Gasteiger partial charge on any atom is -0.664 e. The molecule has 0 N–H and O–H groups in total. The molecule has 0 atom stereocenters. The average Bonchev–Trinajstić information content (AvgIpc) is 3.22. The maximum Gasteiger partial charge on any atom is 2.00 e. The third-order valence-electron chi connectivity index (χ3n) is 3.18. The normalized spacial score (nSPS) is 13.9. The van der Waals surface area contributed by atoms with Gasteiger partial charge in [0, 0.05) is 0 Å². The van der Waals surface area contributed by atoms with Gasteiger partial charge in [0.25, 0.3) is 0 Å². The van der Waals surface area contributed by atoms with E-state index in [0.717, 1.165) is 5.69 Å². The van der Waals surface area contributed by atoms with E-state index in [2.05, 4.69) is 47.8 Å². The van der Waals surface area contributed by atoms with Crippen LogP contribution in [0.25, 0.3) is 10.9 Å². The van der Waals surface area contributed by atoms with E-state index in [1.165, 1.54) is 16.7 Å². The van der Waals surface area contributed by atoms with Crippen LogP contribution in [0.15, 0.2) is 96.8 Å². The maximum absolute atomic E-state index is 4.35. The summed E-state index contributed by atoms with van der Waals surface area (Å²) >= 11 is 0. The molecule has 1 aliphatic heterocycles. The van der Waals surface area contributed by atoms with Gasteiger partial charge in [0.2, 0.25) is 0 Å². The zero-order valence-corrected chi connectivity index (χ0v) is 12.6. The van der Waals surface area contributed by atoms with Crippen molar-refractivity contribution < 1.29 is 17.1 Å². The van der Waals surface area contributed by atoms with Crippen molar-refractivity contribution in [3.8, 4) is 0 Å². The van der Waals surface area contributed by atoms with Crippen LogP contribution in [0.3, 0.4) is 0 Å². The Morgan fingerprint density at radius 2 is 1.52 bits per heavy atom. The summed E-state index contributed by atoms with van der Waals surface area (Å²) < 4.78 is 0. The summed E-state index contributed by atoms with van der Waals surface area (Å²) in [6.07, 6.45) is 12.3. The minimum absolute atomic E-state index is 0. The van der Waals surface area contributed by atoms with Crippen molar-refractivity contribution in [1.29, 1.82) is 0 Å². The van der Waals surface area contributed by atoms with Crippen molar-refractivity contribution >= 4 is 11.3 Å². The third kappa shape index (κ3) is 3.69. The molecule has 2 aliphatic rings. The summed E-state index contributed by atoms with van der Waals surface area (Å²) in [7, 11) is 0. The van der Waals surface area contributed by atoms with Crippen molar-refractivity contribution in [2.45, 2.75) is 0 Å². The van der Waals surface area contributed by atoms with Crippen LogP contribution in [0.4, 0.5) is 5.69 Å². The Balaban J connectivity index is 0.000000231. The molecule has 0 amide bonds. The maximum atomic E-state index is 4.35. The second kappa shape index (κ2) is 7.58. The third-order valence-corrected chi connectivity index (χ3v) is 3.18. The molecule has 0 aromatic heterocycles. The summed E-state index contributed by atoms with van der Waals surface area (Å²) in [4.78, 5) is 0. The Bertz CT molecular complexity index is 657. The molecule has 104 valence electrons. The van der Waals surface area contributed by atoms with E-state index in [4.69, 9.17) is 0 Å². The zero-order chi connectivity index (χ0) is 13.6. The predicted molar refractivity (Wildman–Crippen MR) is 85.8 cm³/mol. The molecule has 1 heterocycles. The first kappa shape index (κ1) is 15.2. The van der Waals surface area contributed by atoms with Gasteiger partial charge < -0.3 is 5.32 Å². The molecule has 2 aromatic carbocycles. The van der Waals surface area contributed by atoms with E-state index in [9.17, 15) is 0 Å². The van der Waals surface area contributed by atoms with Crippen LogP contribution in [0.5, 0.6) is 0 Å². The van der Waals surface area contributed by atoms with Gasteiger partial charge in [0.15, 0.2) is 0 Å². The zero-order valence-electron chi connectivity index (χ0n) is 11.5. The Labute approximate surface area is 136 Å². The van der Waals surface area contributed by atoms with Gasteiger partial charge in [-0.15, -0.1) is 5.69 Å². The minimum atomic E-state index is 0. The molecular weight excluding hydrogens is 298 g/mol. The van der Waals surface area contributed by atoms with E-state index in [1.807, 2.05) is 48.7 Å². The average molecular weight is 313 g/mol. The number of para-hydroxylation sites is 1.